The number of aliphatic hydroxyl groups excluding tert-OH is 1. The zero-order chi connectivity index (χ0) is 26.9. The van der Waals surface area contributed by atoms with Gasteiger partial charge in [0.2, 0.25) is 11.8 Å². The smallest absolute Gasteiger partial charge is 0.463 e. The number of hydrogen-bond donors (Lipinski definition) is 3. The summed E-state index contributed by atoms with van der Waals surface area (Å²) in [5, 5.41) is 28.7. The number of allylic oxidation sites excluding steroid dienone is 6. The lowest BCUT2D eigenvalue weighted by molar-refractivity contribution is -0.123. The Balaban J connectivity index is 1.45. The Kier molecular flexibility index (Phi) is 5.71. The summed E-state index contributed by atoms with van der Waals surface area (Å²) >= 11 is 0. The van der Waals surface area contributed by atoms with Gasteiger partial charge in [0.15, 0.2) is 11.6 Å². The maximum atomic E-state index is 13.9. The monoisotopic (exact) mass is 513 g/mol. The summed E-state index contributed by atoms with van der Waals surface area (Å²) in [7, 11) is -1.76. The van der Waals surface area contributed by atoms with Crippen LogP contribution in [0.5, 0.6) is 0 Å². The zero-order valence-electron chi connectivity index (χ0n) is 20.5. The molecule has 0 bridgehead atoms. The predicted octanol–water partition coefficient (Wildman–Crippen LogP) is 1.09. The van der Waals surface area contributed by atoms with Crippen molar-refractivity contribution in [2.45, 2.75) is 32.3 Å². The van der Waals surface area contributed by atoms with Crippen molar-refractivity contribution in [1.82, 2.24) is 0 Å². The average Bonchev–Trinajstić information content (AvgIpc) is 3.48. The first kappa shape index (κ1) is 24.5. The average molecular weight is 513 g/mol. The number of amides is 2. The molecule has 3 N–H and O–H groups in total. The third-order valence-corrected chi connectivity index (χ3v) is 8.11. The minimum atomic E-state index is -1.76. The number of carbonyl (C=O) groups is 4. The van der Waals surface area contributed by atoms with E-state index in [0.29, 0.717) is 28.2 Å². The number of Topliss-reactive ketones (excluding diaryl/α,β-unsaturated/α-hetero) is 1. The summed E-state index contributed by atoms with van der Waals surface area (Å²) in [6, 6.07) is 9.26. The topological polar surface area (TPSA) is 145 Å². The van der Waals surface area contributed by atoms with E-state index < -0.39 is 36.7 Å². The maximum absolute atomic E-state index is 13.9. The highest BCUT2D eigenvalue weighted by Crippen LogP contribution is 2.55. The van der Waals surface area contributed by atoms with Gasteiger partial charge in [-0.25, -0.2) is 0 Å². The highest BCUT2D eigenvalue weighted by Gasteiger charge is 2.57. The Morgan fingerprint density at radius 2 is 1.84 bits per heavy atom. The quantitative estimate of drug-likeness (QED) is 0.239. The predicted molar refractivity (Wildman–Crippen MR) is 135 cm³/mol. The molecule has 0 spiro atoms. The summed E-state index contributed by atoms with van der Waals surface area (Å²) in [5.41, 5.74) is 2.11. The van der Waals surface area contributed by atoms with Crippen LogP contribution >= 0.6 is 0 Å². The van der Waals surface area contributed by atoms with Crippen LogP contribution in [0, 0.1) is 17.8 Å². The number of benzene rings is 1. The van der Waals surface area contributed by atoms with E-state index in [1.807, 2.05) is 6.08 Å². The van der Waals surface area contributed by atoms with Crippen LogP contribution < -0.4 is 10.4 Å². The minimum absolute atomic E-state index is 0.143. The van der Waals surface area contributed by atoms with Gasteiger partial charge in [0, 0.05) is 16.7 Å². The number of aliphatic hydroxyl groups is 1. The molecular formula is C28H24BNO8. The molecule has 1 aliphatic heterocycles. The van der Waals surface area contributed by atoms with Crippen molar-refractivity contribution in [2.24, 2.45) is 17.8 Å². The van der Waals surface area contributed by atoms with Crippen LogP contribution in [0.1, 0.15) is 37.2 Å². The van der Waals surface area contributed by atoms with Crippen molar-refractivity contribution in [2.75, 3.05) is 4.90 Å². The number of furan rings is 1. The van der Waals surface area contributed by atoms with Gasteiger partial charge in [0.25, 0.3) is 0 Å². The number of rotatable bonds is 4. The van der Waals surface area contributed by atoms with Crippen LogP contribution in [0.25, 0.3) is 0 Å². The molecule has 192 valence electrons. The second-order valence-electron chi connectivity index (χ2n) is 10.2. The van der Waals surface area contributed by atoms with Crippen LogP contribution in [0.4, 0.5) is 5.69 Å². The van der Waals surface area contributed by atoms with E-state index in [4.69, 9.17) is 4.42 Å². The van der Waals surface area contributed by atoms with Crippen molar-refractivity contribution < 1.29 is 38.7 Å². The molecule has 6 rings (SSSR count). The zero-order valence-corrected chi connectivity index (χ0v) is 20.5. The lowest BCUT2D eigenvalue weighted by Crippen LogP contribution is -2.39. The molecule has 1 saturated heterocycles. The molecule has 4 aliphatic rings. The normalized spacial score (nSPS) is 26.7. The molecule has 1 aromatic heterocycles. The number of imide groups is 1. The van der Waals surface area contributed by atoms with Gasteiger partial charge >= 0.3 is 7.12 Å². The van der Waals surface area contributed by atoms with Gasteiger partial charge in [0.05, 0.1) is 23.4 Å². The first-order valence-electron chi connectivity index (χ1n) is 12.4. The first-order chi connectivity index (χ1) is 18.2. The Labute approximate surface area is 217 Å². The summed E-state index contributed by atoms with van der Waals surface area (Å²) in [5.74, 6) is -3.32. The number of ketones is 2. The van der Waals surface area contributed by atoms with Crippen molar-refractivity contribution in [3.05, 3.63) is 82.4 Å². The number of anilines is 1. The second-order valence-corrected chi connectivity index (χ2v) is 10.2. The van der Waals surface area contributed by atoms with E-state index in [1.165, 1.54) is 18.2 Å². The molecule has 4 atom stereocenters. The summed E-state index contributed by atoms with van der Waals surface area (Å²) < 4.78 is 5.85. The molecule has 2 heterocycles. The van der Waals surface area contributed by atoms with E-state index >= 15 is 0 Å². The molecule has 9 nitrogen and oxygen atoms in total. The Morgan fingerprint density at radius 1 is 1.05 bits per heavy atom. The van der Waals surface area contributed by atoms with Gasteiger partial charge in [-0.15, -0.1) is 0 Å². The molecule has 0 unspecified atom stereocenters. The van der Waals surface area contributed by atoms with E-state index in [0.717, 1.165) is 10.5 Å². The lowest BCUT2D eigenvalue weighted by Gasteiger charge is -2.41. The summed E-state index contributed by atoms with van der Waals surface area (Å²) in [4.78, 5) is 54.9. The van der Waals surface area contributed by atoms with Crippen LogP contribution in [-0.2, 0) is 25.8 Å². The molecule has 38 heavy (non-hydrogen) atoms. The highest BCUT2D eigenvalue weighted by atomic mass is 16.4. The molecule has 3 aliphatic carbocycles. The lowest BCUT2D eigenvalue weighted by atomic mass is 9.60. The number of hydrogen-bond acceptors (Lipinski definition) is 8. The van der Waals surface area contributed by atoms with Crippen LogP contribution in [0.3, 0.4) is 0 Å². The van der Waals surface area contributed by atoms with E-state index in [2.05, 4.69) is 0 Å². The van der Waals surface area contributed by atoms with Gasteiger partial charge in [-0.1, -0.05) is 23.8 Å². The van der Waals surface area contributed by atoms with Gasteiger partial charge in [0.1, 0.15) is 18.1 Å². The fourth-order valence-corrected chi connectivity index (χ4v) is 6.42. The van der Waals surface area contributed by atoms with Gasteiger partial charge in [-0.2, -0.15) is 0 Å². The van der Waals surface area contributed by atoms with Gasteiger partial charge in [-0.05, 0) is 61.5 Å². The molecule has 2 aromatic rings. The molecular weight excluding hydrogens is 489 g/mol. The van der Waals surface area contributed by atoms with Crippen molar-refractivity contribution in [1.29, 1.82) is 0 Å². The fraction of sp³-hybridized carbons (Fsp3) is 0.286. The Morgan fingerprint density at radius 3 is 2.55 bits per heavy atom. The number of nitrogens with zero attached hydrogens (tertiary/aromatic N) is 1. The van der Waals surface area contributed by atoms with E-state index in [9.17, 15) is 34.3 Å². The number of carbonyl (C=O) groups excluding carboxylic acids is 4. The third-order valence-electron chi connectivity index (χ3n) is 8.11. The van der Waals surface area contributed by atoms with Crippen molar-refractivity contribution in [3.63, 3.8) is 0 Å². The van der Waals surface area contributed by atoms with Gasteiger partial charge < -0.3 is 19.6 Å². The van der Waals surface area contributed by atoms with Gasteiger partial charge in [-0.3, -0.25) is 24.1 Å². The maximum Gasteiger partial charge on any atom is 0.488 e. The standard InChI is InChI=1S/C28H24BNO8/c1-13-9-21(32)24-20(26(13)33)11-19-17(25(24)22-8-5-16(12-31)38-22)6-7-18-23(19)28(35)30(27(18)34)15-4-2-3-14(10-15)29(36)37/h2-6,8-10,18-19,23,25,31,36-37H,7,11-12H2,1H3/t18-,19+,23-,25+/m0/s1. The van der Waals surface area contributed by atoms with E-state index in [-0.39, 0.29) is 48.1 Å². The van der Waals surface area contributed by atoms with Crippen LogP contribution in [-0.4, -0.2) is 45.7 Å². The highest BCUT2D eigenvalue weighted by molar-refractivity contribution is 6.58. The summed E-state index contributed by atoms with van der Waals surface area (Å²) in [6.45, 7) is 1.25. The SMILES string of the molecule is CC1=CC(=O)C2=C(C[C@@H]3C(=CC[C@@H]4C(=O)N(c5cccc(B(O)O)c5)C(=O)[C@@H]43)[C@@H]2c2ccc(CO)o2)C1=O. The van der Waals surface area contributed by atoms with E-state index in [1.54, 1.807) is 31.2 Å². The first-order valence-corrected chi connectivity index (χ1v) is 12.4. The molecule has 1 fully saturated rings. The largest absolute Gasteiger partial charge is 0.488 e. The minimum Gasteiger partial charge on any atom is -0.463 e. The third kappa shape index (κ3) is 3.52. The fourth-order valence-electron chi connectivity index (χ4n) is 6.42. The Bertz CT molecular complexity index is 1510. The molecule has 0 radical (unpaired) electrons. The summed E-state index contributed by atoms with van der Waals surface area (Å²) in [6.07, 6.45) is 3.62. The van der Waals surface area contributed by atoms with Crippen molar-refractivity contribution >= 4 is 41.6 Å². The molecule has 10 heteroatoms. The molecule has 2 amide bonds. The number of fused-ring (bicyclic) bond motifs is 3. The molecule has 0 saturated carbocycles. The van der Waals surface area contributed by atoms with Crippen LogP contribution in [0.15, 0.2) is 75.3 Å². The molecule has 1 aromatic carbocycles. The second kappa shape index (κ2) is 8.87. The Hall–Kier alpha value is -3.86. The van der Waals surface area contributed by atoms with Crippen molar-refractivity contribution in [3.8, 4) is 0 Å². The van der Waals surface area contributed by atoms with Crippen LogP contribution in [0.2, 0.25) is 0 Å².